The van der Waals surface area contributed by atoms with E-state index < -0.39 is 7.12 Å². The van der Waals surface area contributed by atoms with Crippen LogP contribution in [0.15, 0.2) is 18.2 Å². The second-order valence-electron chi connectivity index (χ2n) is 6.18. The first kappa shape index (κ1) is 16.0. The minimum Gasteiger partial charge on any atom is -0.496 e. The fourth-order valence-electron chi connectivity index (χ4n) is 2.24. The lowest BCUT2D eigenvalue weighted by Gasteiger charge is -2.27. The van der Waals surface area contributed by atoms with Gasteiger partial charge in [0.15, 0.2) is 0 Å². The molecular weight excluding hydrogens is 241 g/mol. The van der Waals surface area contributed by atoms with E-state index in [0.717, 1.165) is 17.9 Å². The SMILES string of the molecule is COc1ccc(B(O)O)cc1CN(C)CC(C)(C)C. The van der Waals surface area contributed by atoms with Crippen molar-refractivity contribution in [1.82, 2.24) is 4.90 Å². The van der Waals surface area contributed by atoms with Gasteiger partial charge in [-0.25, -0.2) is 0 Å². The summed E-state index contributed by atoms with van der Waals surface area (Å²) in [5.74, 6) is 0.769. The highest BCUT2D eigenvalue weighted by molar-refractivity contribution is 6.58. The molecule has 1 aromatic rings. The summed E-state index contributed by atoms with van der Waals surface area (Å²) in [6.07, 6.45) is 0. The second kappa shape index (κ2) is 6.41. The first-order valence-corrected chi connectivity index (χ1v) is 6.44. The van der Waals surface area contributed by atoms with Gasteiger partial charge in [-0.05, 0) is 24.0 Å². The molecule has 0 aliphatic heterocycles. The number of rotatable bonds is 5. The van der Waals surface area contributed by atoms with Gasteiger partial charge >= 0.3 is 7.12 Å². The quantitative estimate of drug-likeness (QED) is 0.775. The molecule has 0 saturated carbocycles. The summed E-state index contributed by atoms with van der Waals surface area (Å²) in [4.78, 5) is 2.20. The van der Waals surface area contributed by atoms with E-state index in [1.807, 2.05) is 7.05 Å². The number of methoxy groups -OCH3 is 1. The van der Waals surface area contributed by atoms with Crippen molar-refractivity contribution in [2.24, 2.45) is 5.41 Å². The van der Waals surface area contributed by atoms with Gasteiger partial charge in [-0.2, -0.15) is 0 Å². The Morgan fingerprint density at radius 1 is 1.26 bits per heavy atom. The molecule has 2 N–H and O–H groups in total. The lowest BCUT2D eigenvalue weighted by atomic mass is 9.79. The predicted molar refractivity (Wildman–Crippen MR) is 78.6 cm³/mol. The Morgan fingerprint density at radius 2 is 1.89 bits per heavy atom. The van der Waals surface area contributed by atoms with Crippen LogP contribution in [0.2, 0.25) is 0 Å². The molecule has 0 saturated heterocycles. The van der Waals surface area contributed by atoms with Crippen LogP contribution in [0.3, 0.4) is 0 Å². The van der Waals surface area contributed by atoms with Crippen molar-refractivity contribution in [2.75, 3.05) is 20.7 Å². The van der Waals surface area contributed by atoms with Gasteiger partial charge in [0.25, 0.3) is 0 Å². The van der Waals surface area contributed by atoms with Gasteiger partial charge in [0.05, 0.1) is 7.11 Å². The maximum absolute atomic E-state index is 9.23. The number of benzene rings is 1. The van der Waals surface area contributed by atoms with Crippen molar-refractivity contribution in [2.45, 2.75) is 27.3 Å². The Labute approximate surface area is 116 Å². The number of nitrogens with zero attached hydrogens (tertiary/aromatic N) is 1. The topological polar surface area (TPSA) is 52.9 Å². The van der Waals surface area contributed by atoms with Gasteiger partial charge in [-0.1, -0.05) is 32.9 Å². The van der Waals surface area contributed by atoms with Crippen LogP contribution >= 0.6 is 0 Å². The molecule has 0 spiro atoms. The molecular formula is C14H24BNO3. The Balaban J connectivity index is 2.88. The van der Waals surface area contributed by atoms with E-state index in [1.165, 1.54) is 0 Å². The maximum atomic E-state index is 9.23. The van der Waals surface area contributed by atoms with Crippen LogP contribution in [0.1, 0.15) is 26.3 Å². The van der Waals surface area contributed by atoms with Crippen LogP contribution in [0.25, 0.3) is 0 Å². The molecule has 1 aromatic carbocycles. The van der Waals surface area contributed by atoms with E-state index >= 15 is 0 Å². The van der Waals surface area contributed by atoms with Crippen molar-refractivity contribution >= 4 is 12.6 Å². The van der Waals surface area contributed by atoms with Gasteiger partial charge < -0.3 is 19.7 Å². The first-order valence-electron chi connectivity index (χ1n) is 6.44. The van der Waals surface area contributed by atoms with Crippen molar-refractivity contribution in [3.05, 3.63) is 23.8 Å². The van der Waals surface area contributed by atoms with Crippen LogP contribution in [0.5, 0.6) is 5.75 Å². The highest BCUT2D eigenvalue weighted by atomic mass is 16.5. The van der Waals surface area contributed by atoms with E-state index in [9.17, 15) is 10.0 Å². The molecule has 19 heavy (non-hydrogen) atoms. The largest absolute Gasteiger partial charge is 0.496 e. The molecule has 0 fully saturated rings. The Morgan fingerprint density at radius 3 is 2.37 bits per heavy atom. The van der Waals surface area contributed by atoms with Crippen molar-refractivity contribution in [3.63, 3.8) is 0 Å². The van der Waals surface area contributed by atoms with E-state index in [4.69, 9.17) is 4.74 Å². The highest BCUT2D eigenvalue weighted by Crippen LogP contribution is 2.21. The molecule has 1 rings (SSSR count). The summed E-state index contributed by atoms with van der Waals surface area (Å²) in [6, 6.07) is 5.22. The van der Waals surface area contributed by atoms with E-state index in [1.54, 1.807) is 25.3 Å². The van der Waals surface area contributed by atoms with Crippen LogP contribution in [-0.2, 0) is 6.54 Å². The fraction of sp³-hybridized carbons (Fsp3) is 0.571. The number of ether oxygens (including phenoxy) is 1. The smallest absolute Gasteiger partial charge is 0.488 e. The molecule has 5 heteroatoms. The zero-order valence-electron chi connectivity index (χ0n) is 12.5. The Hall–Kier alpha value is -1.04. The van der Waals surface area contributed by atoms with Gasteiger partial charge in [0, 0.05) is 18.7 Å². The average molecular weight is 265 g/mol. The van der Waals surface area contributed by atoms with Gasteiger partial charge in [0.1, 0.15) is 5.75 Å². The minimum absolute atomic E-state index is 0.218. The molecule has 106 valence electrons. The third-order valence-corrected chi connectivity index (χ3v) is 2.79. The standard InChI is InChI=1S/C14H24BNO3/c1-14(2,3)10-16(4)9-11-8-12(15(17)18)6-7-13(11)19-5/h6-8,17-18H,9-10H2,1-5H3. The average Bonchev–Trinajstić information content (AvgIpc) is 2.26. The summed E-state index contributed by atoms with van der Waals surface area (Å²) in [5, 5.41) is 18.5. The summed E-state index contributed by atoms with van der Waals surface area (Å²) < 4.78 is 5.32. The summed E-state index contributed by atoms with van der Waals surface area (Å²) in [6.45, 7) is 8.22. The third kappa shape index (κ3) is 5.23. The molecule has 0 bridgehead atoms. The zero-order valence-corrected chi connectivity index (χ0v) is 12.5. The summed E-state index contributed by atoms with van der Waals surface area (Å²) in [5.41, 5.74) is 1.66. The molecule has 0 heterocycles. The molecule has 0 aromatic heterocycles. The lowest BCUT2D eigenvalue weighted by molar-refractivity contribution is 0.218. The first-order chi connectivity index (χ1) is 8.73. The third-order valence-electron chi connectivity index (χ3n) is 2.79. The minimum atomic E-state index is -1.45. The molecule has 0 aliphatic carbocycles. The molecule has 0 aliphatic rings. The van der Waals surface area contributed by atoms with E-state index in [2.05, 4.69) is 25.7 Å². The molecule has 4 nitrogen and oxygen atoms in total. The maximum Gasteiger partial charge on any atom is 0.488 e. The highest BCUT2D eigenvalue weighted by Gasteiger charge is 2.17. The van der Waals surface area contributed by atoms with E-state index in [0.29, 0.717) is 12.0 Å². The second-order valence-corrected chi connectivity index (χ2v) is 6.18. The molecule has 0 atom stereocenters. The van der Waals surface area contributed by atoms with Crippen LogP contribution in [0.4, 0.5) is 0 Å². The Bertz CT molecular complexity index is 416. The van der Waals surface area contributed by atoms with Gasteiger partial charge in [0.2, 0.25) is 0 Å². The van der Waals surface area contributed by atoms with E-state index in [-0.39, 0.29) is 5.41 Å². The van der Waals surface area contributed by atoms with Crippen molar-refractivity contribution in [1.29, 1.82) is 0 Å². The van der Waals surface area contributed by atoms with Crippen molar-refractivity contribution < 1.29 is 14.8 Å². The predicted octanol–water partition coefficient (Wildman–Crippen LogP) is 0.853. The lowest BCUT2D eigenvalue weighted by Crippen LogP contribution is -2.32. The van der Waals surface area contributed by atoms with Crippen LogP contribution < -0.4 is 10.2 Å². The Kier molecular flexibility index (Phi) is 5.41. The van der Waals surface area contributed by atoms with Crippen LogP contribution in [-0.4, -0.2) is 42.8 Å². The van der Waals surface area contributed by atoms with Crippen molar-refractivity contribution in [3.8, 4) is 5.75 Å². The number of hydrogen-bond donors (Lipinski definition) is 2. The normalized spacial score (nSPS) is 11.8. The van der Waals surface area contributed by atoms with Gasteiger partial charge in [-0.3, -0.25) is 0 Å². The molecule has 0 unspecified atom stereocenters. The molecule has 0 radical (unpaired) electrons. The zero-order chi connectivity index (χ0) is 14.6. The molecule has 0 amide bonds. The summed E-state index contributed by atoms with van der Waals surface area (Å²) in [7, 11) is 2.22. The van der Waals surface area contributed by atoms with Gasteiger partial charge in [-0.15, -0.1) is 0 Å². The van der Waals surface area contributed by atoms with Crippen LogP contribution in [0, 0.1) is 5.41 Å². The summed E-state index contributed by atoms with van der Waals surface area (Å²) >= 11 is 0. The number of hydrogen-bond acceptors (Lipinski definition) is 4. The monoisotopic (exact) mass is 265 g/mol. The fourth-order valence-corrected chi connectivity index (χ4v) is 2.24.